The van der Waals surface area contributed by atoms with E-state index in [1.165, 1.54) is 0 Å². The van der Waals surface area contributed by atoms with Crippen molar-refractivity contribution in [1.29, 1.82) is 0 Å². The van der Waals surface area contributed by atoms with Gasteiger partial charge in [0.2, 0.25) is 0 Å². The lowest BCUT2D eigenvalue weighted by Gasteiger charge is -2.31. The molecule has 0 atom stereocenters. The maximum atomic E-state index is 5.93. The van der Waals surface area contributed by atoms with Crippen LogP contribution in [0.25, 0.3) is 0 Å². The second kappa shape index (κ2) is 25.6. The van der Waals surface area contributed by atoms with Crippen molar-refractivity contribution < 1.29 is 0 Å². The number of nitrogens with one attached hydrogen (secondary N) is 2. The molecule has 0 aliphatic rings. The van der Waals surface area contributed by atoms with Gasteiger partial charge in [0.05, 0.1) is 0 Å². The molecule has 0 rings (SSSR count). The predicted molar refractivity (Wildman–Crippen MR) is 146 cm³/mol. The van der Waals surface area contributed by atoms with Crippen LogP contribution in [0.1, 0.15) is 0 Å². The summed E-state index contributed by atoms with van der Waals surface area (Å²) in [6.07, 6.45) is 0. The van der Waals surface area contributed by atoms with Crippen molar-refractivity contribution in [2.24, 2.45) is 34.4 Å². The normalized spacial score (nSPS) is 12.2. The molecule has 206 valence electrons. The van der Waals surface area contributed by atoms with Crippen LogP contribution < -0.4 is 45.0 Å². The lowest BCUT2D eigenvalue weighted by atomic mass is 10.3. The Labute approximate surface area is 209 Å². The molecule has 0 aliphatic carbocycles. The molecule has 0 amide bonds. The molecule has 0 aromatic carbocycles. The molecule has 0 radical (unpaired) electrons. The van der Waals surface area contributed by atoms with Crippen LogP contribution in [0, 0.1) is 0 Å². The molecule has 0 bridgehead atoms. The molecular formula is C22H58N12. The number of rotatable bonds is 27. The van der Waals surface area contributed by atoms with Gasteiger partial charge in [0, 0.05) is 144 Å². The predicted octanol–water partition coefficient (Wildman–Crippen LogP) is -4.87. The van der Waals surface area contributed by atoms with E-state index in [9.17, 15) is 0 Å². The Bertz CT molecular complexity index is 398. The molecule has 34 heavy (non-hydrogen) atoms. The van der Waals surface area contributed by atoms with Gasteiger partial charge in [0.25, 0.3) is 0 Å². The van der Waals surface area contributed by atoms with Crippen LogP contribution in [0.4, 0.5) is 0 Å². The summed E-state index contributed by atoms with van der Waals surface area (Å²) in [6.45, 7) is 19.0. The Kier molecular flexibility index (Phi) is 25.2. The van der Waals surface area contributed by atoms with E-state index in [1.807, 2.05) is 0 Å². The maximum Gasteiger partial charge on any atom is 0.0110 e. The molecule has 12 nitrogen and oxygen atoms in total. The van der Waals surface area contributed by atoms with Crippen LogP contribution >= 0.6 is 0 Å². The standard InChI is InChI=1S/C22H58N12/c23-1-7-29-9-15-32(13-5-27)18-19-33(14-6-28)20-22-34(16-10-30-8-2-24)21-17-31(11-3-25)12-4-26/h29-30H,1-28H2. The quantitative estimate of drug-likeness (QED) is 0.0512. The largest absolute Gasteiger partial charge is 0.329 e. The molecule has 0 saturated carbocycles. The van der Waals surface area contributed by atoms with Gasteiger partial charge >= 0.3 is 0 Å². The maximum absolute atomic E-state index is 5.93. The third-order valence-corrected chi connectivity index (χ3v) is 5.83. The van der Waals surface area contributed by atoms with Gasteiger partial charge in [-0.1, -0.05) is 0 Å². The fourth-order valence-corrected chi connectivity index (χ4v) is 3.85. The second-order valence-corrected chi connectivity index (χ2v) is 8.60. The second-order valence-electron chi connectivity index (χ2n) is 8.60. The van der Waals surface area contributed by atoms with Gasteiger partial charge < -0.3 is 45.0 Å². The van der Waals surface area contributed by atoms with E-state index in [0.717, 1.165) is 105 Å². The summed E-state index contributed by atoms with van der Waals surface area (Å²) in [5.74, 6) is 0. The van der Waals surface area contributed by atoms with E-state index in [4.69, 9.17) is 34.4 Å². The van der Waals surface area contributed by atoms with Crippen LogP contribution in [0.3, 0.4) is 0 Å². The average molecular weight is 491 g/mol. The zero-order valence-corrected chi connectivity index (χ0v) is 21.8. The fourth-order valence-electron chi connectivity index (χ4n) is 3.85. The molecule has 0 unspecified atom stereocenters. The summed E-state index contributed by atoms with van der Waals surface area (Å²) in [4.78, 5) is 9.75. The van der Waals surface area contributed by atoms with Gasteiger partial charge in [0.15, 0.2) is 0 Å². The van der Waals surface area contributed by atoms with Gasteiger partial charge in [-0.2, -0.15) is 0 Å². The van der Waals surface area contributed by atoms with Crippen molar-refractivity contribution in [3.8, 4) is 0 Å². The first-order valence-electron chi connectivity index (χ1n) is 13.2. The molecule has 0 spiro atoms. The van der Waals surface area contributed by atoms with E-state index in [-0.39, 0.29) is 0 Å². The summed E-state index contributed by atoms with van der Waals surface area (Å²) >= 11 is 0. The van der Waals surface area contributed by atoms with Gasteiger partial charge in [-0.25, -0.2) is 0 Å². The smallest absolute Gasteiger partial charge is 0.0110 e. The Hall–Kier alpha value is -0.480. The zero-order valence-electron chi connectivity index (χ0n) is 21.8. The highest BCUT2D eigenvalue weighted by molar-refractivity contribution is 4.71. The summed E-state index contributed by atoms with van der Waals surface area (Å²) in [5.41, 5.74) is 34.5. The molecule has 14 N–H and O–H groups in total. The lowest BCUT2D eigenvalue weighted by Crippen LogP contribution is -2.46. The Balaban J connectivity index is 4.72. The summed E-state index contributed by atoms with van der Waals surface area (Å²) in [7, 11) is 0. The lowest BCUT2D eigenvalue weighted by molar-refractivity contribution is 0.165. The SMILES string of the molecule is NCCNCCN(CCN)CCN(CCN)CCN(CCNCCN)CCN(CCN)CCN. The molecule has 12 heteroatoms. The Morgan fingerprint density at radius 2 is 0.559 bits per heavy atom. The third kappa shape index (κ3) is 19.8. The Morgan fingerprint density at radius 1 is 0.294 bits per heavy atom. The average Bonchev–Trinajstić information content (AvgIpc) is 2.83. The summed E-state index contributed by atoms with van der Waals surface area (Å²) < 4.78 is 0. The summed E-state index contributed by atoms with van der Waals surface area (Å²) in [5, 5.41) is 6.78. The Morgan fingerprint density at radius 3 is 0.853 bits per heavy atom. The van der Waals surface area contributed by atoms with Crippen LogP contribution in [0.15, 0.2) is 0 Å². The van der Waals surface area contributed by atoms with Crippen molar-refractivity contribution in [3.63, 3.8) is 0 Å². The fraction of sp³-hybridized carbons (Fsp3) is 1.00. The first-order valence-corrected chi connectivity index (χ1v) is 13.2. The highest BCUT2D eigenvalue weighted by atomic mass is 15.2. The van der Waals surface area contributed by atoms with Crippen LogP contribution in [0.2, 0.25) is 0 Å². The molecule has 0 aliphatic heterocycles. The molecule has 0 aromatic rings. The van der Waals surface area contributed by atoms with Crippen LogP contribution in [-0.2, 0) is 0 Å². The monoisotopic (exact) mass is 490 g/mol. The van der Waals surface area contributed by atoms with Gasteiger partial charge in [-0.15, -0.1) is 0 Å². The van der Waals surface area contributed by atoms with Crippen molar-refractivity contribution in [2.75, 3.05) is 144 Å². The minimum Gasteiger partial charge on any atom is -0.329 e. The van der Waals surface area contributed by atoms with Gasteiger partial charge in [-0.05, 0) is 0 Å². The first kappa shape index (κ1) is 33.5. The topological polar surface area (TPSA) is 193 Å². The van der Waals surface area contributed by atoms with Gasteiger partial charge in [-0.3, -0.25) is 19.6 Å². The molecule has 0 saturated heterocycles. The van der Waals surface area contributed by atoms with Crippen molar-refractivity contribution in [2.45, 2.75) is 0 Å². The first-order chi connectivity index (χ1) is 16.6. The molecule has 0 aromatic heterocycles. The van der Waals surface area contributed by atoms with E-state index in [2.05, 4.69) is 30.2 Å². The highest BCUT2D eigenvalue weighted by Crippen LogP contribution is 1.97. The van der Waals surface area contributed by atoms with E-state index in [1.54, 1.807) is 0 Å². The van der Waals surface area contributed by atoms with E-state index in [0.29, 0.717) is 39.3 Å². The van der Waals surface area contributed by atoms with E-state index >= 15 is 0 Å². The minimum atomic E-state index is 0.656. The van der Waals surface area contributed by atoms with Crippen molar-refractivity contribution in [1.82, 2.24) is 30.2 Å². The molecule has 0 fully saturated rings. The molecular weight excluding hydrogens is 432 g/mol. The van der Waals surface area contributed by atoms with Crippen molar-refractivity contribution >= 4 is 0 Å². The zero-order chi connectivity index (χ0) is 25.3. The summed E-state index contributed by atoms with van der Waals surface area (Å²) in [6, 6.07) is 0. The highest BCUT2D eigenvalue weighted by Gasteiger charge is 2.13. The van der Waals surface area contributed by atoms with Gasteiger partial charge in [0.1, 0.15) is 0 Å². The third-order valence-electron chi connectivity index (χ3n) is 5.83. The number of nitrogens with two attached hydrogens (primary N) is 6. The minimum absolute atomic E-state index is 0.656. The number of hydrogen-bond donors (Lipinski definition) is 8. The van der Waals surface area contributed by atoms with Crippen LogP contribution in [-0.4, -0.2) is 164 Å². The molecule has 0 heterocycles. The van der Waals surface area contributed by atoms with E-state index < -0.39 is 0 Å². The number of hydrogen-bond acceptors (Lipinski definition) is 12. The van der Waals surface area contributed by atoms with Crippen LogP contribution in [0.5, 0.6) is 0 Å². The van der Waals surface area contributed by atoms with Crippen molar-refractivity contribution in [3.05, 3.63) is 0 Å². The number of nitrogens with zero attached hydrogens (tertiary/aromatic N) is 4.